The number of amides is 2. The van der Waals surface area contributed by atoms with E-state index >= 15 is 0 Å². The molecule has 0 aromatic carbocycles. The van der Waals surface area contributed by atoms with E-state index in [-0.39, 0.29) is 40.5 Å². The maximum Gasteiger partial charge on any atom is 0.223 e. The Labute approximate surface area is 146 Å². The Morgan fingerprint density at radius 2 is 1.50 bits per heavy atom. The van der Waals surface area contributed by atoms with Gasteiger partial charge in [-0.15, -0.1) is 0 Å². The number of rotatable bonds is 5. The first kappa shape index (κ1) is 17.8. The van der Waals surface area contributed by atoms with E-state index in [1.807, 2.05) is 0 Å². The number of hydrogen-bond donors (Lipinski definition) is 2. The third-order valence-corrected chi connectivity index (χ3v) is 6.43. The summed E-state index contributed by atoms with van der Waals surface area (Å²) in [6, 6.07) is 0.243. The normalized spacial score (nSPS) is 33.2. The minimum absolute atomic E-state index is 0.0682. The van der Waals surface area contributed by atoms with Crippen LogP contribution >= 0.6 is 0 Å². The molecule has 3 aliphatic carbocycles. The molecule has 4 heteroatoms. The summed E-state index contributed by atoms with van der Waals surface area (Å²) in [4.78, 5) is 24.5. The van der Waals surface area contributed by atoms with E-state index in [0.717, 1.165) is 51.5 Å². The van der Waals surface area contributed by atoms with Crippen molar-refractivity contribution in [3.8, 4) is 0 Å². The van der Waals surface area contributed by atoms with Crippen LogP contribution < -0.4 is 10.6 Å². The van der Waals surface area contributed by atoms with Crippen LogP contribution in [0.4, 0.5) is 0 Å². The molecule has 2 N–H and O–H groups in total. The molecule has 0 heterocycles. The fourth-order valence-electron chi connectivity index (χ4n) is 4.98. The van der Waals surface area contributed by atoms with Crippen LogP contribution in [0, 0.1) is 22.7 Å². The topological polar surface area (TPSA) is 58.2 Å². The summed E-state index contributed by atoms with van der Waals surface area (Å²) in [6.45, 7) is 7.60. The summed E-state index contributed by atoms with van der Waals surface area (Å²) in [6.07, 6.45) is 9.70. The van der Waals surface area contributed by atoms with Crippen LogP contribution in [0.2, 0.25) is 0 Å². The molecular weight excluding hydrogens is 300 g/mol. The van der Waals surface area contributed by atoms with Gasteiger partial charge in [-0.1, -0.05) is 33.6 Å². The molecule has 0 aromatic rings. The third-order valence-electron chi connectivity index (χ3n) is 6.43. The molecule has 2 amide bonds. The van der Waals surface area contributed by atoms with Gasteiger partial charge in [0.15, 0.2) is 0 Å². The van der Waals surface area contributed by atoms with Crippen molar-refractivity contribution in [3.05, 3.63) is 0 Å². The highest BCUT2D eigenvalue weighted by Crippen LogP contribution is 2.46. The van der Waals surface area contributed by atoms with Gasteiger partial charge in [-0.05, 0) is 55.8 Å². The minimum atomic E-state index is 0.0682. The van der Waals surface area contributed by atoms with Gasteiger partial charge in [0, 0.05) is 24.4 Å². The fraction of sp³-hybridized carbons (Fsp3) is 0.900. The molecule has 136 valence electrons. The summed E-state index contributed by atoms with van der Waals surface area (Å²) < 4.78 is 0. The van der Waals surface area contributed by atoms with Crippen LogP contribution in [-0.4, -0.2) is 24.4 Å². The lowest BCUT2D eigenvalue weighted by Crippen LogP contribution is -2.52. The van der Waals surface area contributed by atoms with Crippen molar-refractivity contribution in [1.82, 2.24) is 10.6 Å². The monoisotopic (exact) mass is 334 g/mol. The summed E-state index contributed by atoms with van der Waals surface area (Å²) in [7, 11) is 0. The highest BCUT2D eigenvalue weighted by Gasteiger charge is 2.42. The van der Waals surface area contributed by atoms with E-state index in [4.69, 9.17) is 0 Å². The third kappa shape index (κ3) is 4.12. The number of carbonyl (C=O) groups is 2. The molecule has 0 unspecified atom stereocenters. The van der Waals surface area contributed by atoms with Crippen LogP contribution in [0.15, 0.2) is 0 Å². The Morgan fingerprint density at radius 3 is 2.04 bits per heavy atom. The van der Waals surface area contributed by atoms with Crippen molar-refractivity contribution < 1.29 is 9.59 Å². The molecule has 4 nitrogen and oxygen atoms in total. The Balaban J connectivity index is 1.56. The molecule has 3 rings (SSSR count). The molecule has 0 spiro atoms. The van der Waals surface area contributed by atoms with Gasteiger partial charge in [-0.2, -0.15) is 0 Å². The van der Waals surface area contributed by atoms with E-state index < -0.39 is 0 Å². The molecule has 0 saturated heterocycles. The van der Waals surface area contributed by atoms with Gasteiger partial charge in [0.05, 0.1) is 0 Å². The molecule has 3 saturated carbocycles. The molecule has 24 heavy (non-hydrogen) atoms. The van der Waals surface area contributed by atoms with E-state index in [9.17, 15) is 9.59 Å². The average molecular weight is 335 g/mol. The summed E-state index contributed by atoms with van der Waals surface area (Å²) in [5.74, 6) is 0.990. The zero-order chi connectivity index (χ0) is 17.4. The Morgan fingerprint density at radius 1 is 0.917 bits per heavy atom. The largest absolute Gasteiger partial charge is 0.355 e. The van der Waals surface area contributed by atoms with Crippen LogP contribution in [-0.2, 0) is 9.59 Å². The predicted molar refractivity (Wildman–Crippen MR) is 95.4 cm³/mol. The standard InChI is InChI=1S/C20H34N2O2/c1-19(2)10-16(22-18(24)15-8-5-9-15)11-20(3,12-19)13-21-17(23)14-6-4-7-14/h14-16H,4-13H2,1-3H3,(H,21,23)(H,22,24)/t16-,20+/m0/s1. The van der Waals surface area contributed by atoms with Crippen molar-refractivity contribution >= 4 is 11.8 Å². The van der Waals surface area contributed by atoms with E-state index in [2.05, 4.69) is 31.4 Å². The number of carbonyl (C=O) groups excluding carboxylic acids is 2. The van der Waals surface area contributed by atoms with Gasteiger partial charge in [0.25, 0.3) is 0 Å². The molecule has 2 atom stereocenters. The highest BCUT2D eigenvalue weighted by atomic mass is 16.2. The Kier molecular flexibility index (Phi) is 4.94. The van der Waals surface area contributed by atoms with Gasteiger partial charge >= 0.3 is 0 Å². The van der Waals surface area contributed by atoms with Crippen LogP contribution in [0.25, 0.3) is 0 Å². The predicted octanol–water partition coefficient (Wildman–Crippen LogP) is 3.40. The zero-order valence-electron chi connectivity index (χ0n) is 15.6. The van der Waals surface area contributed by atoms with E-state index in [0.29, 0.717) is 0 Å². The second kappa shape index (κ2) is 6.68. The van der Waals surface area contributed by atoms with Crippen LogP contribution in [0.5, 0.6) is 0 Å². The summed E-state index contributed by atoms with van der Waals surface area (Å²) in [5, 5.41) is 6.51. The lowest BCUT2D eigenvalue weighted by atomic mass is 9.62. The SMILES string of the molecule is CC1(C)C[C@H](NC(=O)C2CCC2)C[C@@](C)(CNC(=O)C2CCC2)C1. The lowest BCUT2D eigenvalue weighted by Gasteiger charge is -2.47. The van der Waals surface area contributed by atoms with Gasteiger partial charge in [-0.3, -0.25) is 9.59 Å². The second-order valence-electron chi connectivity index (χ2n) is 9.74. The Hall–Kier alpha value is -1.06. The molecule has 0 aromatic heterocycles. The van der Waals surface area contributed by atoms with Crippen LogP contribution in [0.1, 0.15) is 78.6 Å². The summed E-state index contributed by atoms with van der Waals surface area (Å²) in [5.41, 5.74) is 0.268. The highest BCUT2D eigenvalue weighted by molar-refractivity contribution is 5.80. The first-order chi connectivity index (χ1) is 11.3. The molecule has 0 bridgehead atoms. The van der Waals surface area contributed by atoms with Gasteiger partial charge in [0.2, 0.25) is 11.8 Å². The fourth-order valence-corrected chi connectivity index (χ4v) is 4.98. The molecular formula is C20H34N2O2. The zero-order valence-corrected chi connectivity index (χ0v) is 15.6. The number of nitrogens with one attached hydrogen (secondary N) is 2. The van der Waals surface area contributed by atoms with Crippen molar-refractivity contribution in [2.24, 2.45) is 22.7 Å². The van der Waals surface area contributed by atoms with E-state index in [1.165, 1.54) is 12.8 Å². The minimum Gasteiger partial charge on any atom is -0.355 e. The van der Waals surface area contributed by atoms with Crippen molar-refractivity contribution in [1.29, 1.82) is 0 Å². The Bertz CT molecular complexity index is 494. The first-order valence-electron chi connectivity index (χ1n) is 9.85. The van der Waals surface area contributed by atoms with Gasteiger partial charge < -0.3 is 10.6 Å². The lowest BCUT2D eigenvalue weighted by molar-refractivity contribution is -0.130. The quantitative estimate of drug-likeness (QED) is 0.809. The molecule has 0 radical (unpaired) electrons. The molecule has 3 fully saturated rings. The second-order valence-corrected chi connectivity index (χ2v) is 9.74. The smallest absolute Gasteiger partial charge is 0.223 e. The maximum absolute atomic E-state index is 12.3. The van der Waals surface area contributed by atoms with Crippen molar-refractivity contribution in [2.45, 2.75) is 84.6 Å². The van der Waals surface area contributed by atoms with Crippen molar-refractivity contribution in [3.63, 3.8) is 0 Å². The van der Waals surface area contributed by atoms with Crippen molar-refractivity contribution in [2.75, 3.05) is 6.54 Å². The number of hydrogen-bond acceptors (Lipinski definition) is 2. The molecule has 0 aliphatic heterocycles. The van der Waals surface area contributed by atoms with Crippen LogP contribution in [0.3, 0.4) is 0 Å². The van der Waals surface area contributed by atoms with Gasteiger partial charge in [-0.25, -0.2) is 0 Å². The summed E-state index contributed by atoms with van der Waals surface area (Å²) >= 11 is 0. The first-order valence-corrected chi connectivity index (χ1v) is 9.85. The maximum atomic E-state index is 12.3. The van der Waals surface area contributed by atoms with Gasteiger partial charge in [0.1, 0.15) is 0 Å². The van der Waals surface area contributed by atoms with E-state index in [1.54, 1.807) is 0 Å². The average Bonchev–Trinajstić information content (AvgIpc) is 2.29. The molecule has 3 aliphatic rings.